The van der Waals surface area contributed by atoms with Gasteiger partial charge in [-0.15, -0.1) is 0 Å². The van der Waals surface area contributed by atoms with Gasteiger partial charge in [0, 0.05) is 13.1 Å². The second-order valence-corrected chi connectivity index (χ2v) is 4.95. The molecule has 1 atom stereocenters. The molecule has 0 bridgehead atoms. The molecule has 6 nitrogen and oxygen atoms in total. The molecule has 0 aromatic carbocycles. The van der Waals surface area contributed by atoms with Crippen LogP contribution in [0.5, 0.6) is 0 Å². The molecule has 6 heteroatoms. The quantitative estimate of drug-likeness (QED) is 0.883. The van der Waals surface area contributed by atoms with Gasteiger partial charge in [-0.2, -0.15) is 4.98 Å². The summed E-state index contributed by atoms with van der Waals surface area (Å²) >= 11 is 0. The third-order valence-corrected chi connectivity index (χ3v) is 3.10. The Morgan fingerprint density at radius 2 is 2.44 bits per heavy atom. The Balaban J connectivity index is 1.68. The van der Waals surface area contributed by atoms with Crippen LogP contribution in [0.3, 0.4) is 0 Å². The van der Waals surface area contributed by atoms with Crippen molar-refractivity contribution in [3.05, 3.63) is 24.3 Å². The van der Waals surface area contributed by atoms with E-state index >= 15 is 0 Å². The van der Waals surface area contributed by atoms with Gasteiger partial charge in [-0.05, 0) is 25.5 Å². The Morgan fingerprint density at radius 1 is 1.56 bits per heavy atom. The van der Waals surface area contributed by atoms with Gasteiger partial charge >= 0.3 is 0 Å². The van der Waals surface area contributed by atoms with Crippen LogP contribution >= 0.6 is 0 Å². The zero-order chi connectivity index (χ0) is 12.6. The molecule has 0 amide bonds. The first-order chi connectivity index (χ1) is 8.62. The minimum absolute atomic E-state index is 0.459. The number of β-amino-alcohol motifs (C(OH)–C–C–N with tert-alkyl or cyclic N) is 1. The standard InChI is InChI=1S/C12H15N3O3/c1-12(16)4-5-15(8-12)7-10-13-11(14-18-10)9-3-2-6-17-9/h2-3,6,16H,4-5,7-8H2,1H3. The van der Waals surface area contributed by atoms with Crippen LogP contribution in [0.15, 0.2) is 27.3 Å². The van der Waals surface area contributed by atoms with E-state index in [0.717, 1.165) is 13.0 Å². The van der Waals surface area contributed by atoms with E-state index in [1.807, 2.05) is 6.92 Å². The first kappa shape index (κ1) is 11.4. The van der Waals surface area contributed by atoms with Crippen LogP contribution in [0.2, 0.25) is 0 Å². The molecule has 1 saturated heterocycles. The van der Waals surface area contributed by atoms with Gasteiger partial charge in [-0.1, -0.05) is 5.16 Å². The lowest BCUT2D eigenvalue weighted by Gasteiger charge is -2.16. The number of rotatable bonds is 3. The minimum Gasteiger partial charge on any atom is -0.461 e. The highest BCUT2D eigenvalue weighted by Gasteiger charge is 2.32. The predicted molar refractivity (Wildman–Crippen MR) is 62.5 cm³/mol. The predicted octanol–water partition coefficient (Wildman–Crippen LogP) is 1.29. The molecule has 0 saturated carbocycles. The van der Waals surface area contributed by atoms with E-state index in [9.17, 15) is 5.11 Å². The van der Waals surface area contributed by atoms with Crippen LogP contribution in [-0.4, -0.2) is 38.8 Å². The van der Waals surface area contributed by atoms with E-state index in [1.165, 1.54) is 0 Å². The zero-order valence-corrected chi connectivity index (χ0v) is 10.2. The van der Waals surface area contributed by atoms with Crippen LogP contribution in [0, 0.1) is 0 Å². The summed E-state index contributed by atoms with van der Waals surface area (Å²) in [5.41, 5.74) is -0.607. The summed E-state index contributed by atoms with van der Waals surface area (Å²) < 4.78 is 10.4. The molecule has 3 heterocycles. The SMILES string of the molecule is CC1(O)CCN(Cc2nc(-c3ccco3)no2)C1. The largest absolute Gasteiger partial charge is 0.461 e. The second kappa shape index (κ2) is 4.22. The van der Waals surface area contributed by atoms with E-state index in [2.05, 4.69) is 15.0 Å². The van der Waals surface area contributed by atoms with Gasteiger partial charge in [0.1, 0.15) is 0 Å². The smallest absolute Gasteiger partial charge is 0.241 e. The summed E-state index contributed by atoms with van der Waals surface area (Å²) in [7, 11) is 0. The maximum absolute atomic E-state index is 9.88. The summed E-state index contributed by atoms with van der Waals surface area (Å²) in [5.74, 6) is 1.60. The van der Waals surface area contributed by atoms with Gasteiger partial charge in [0.25, 0.3) is 0 Å². The Bertz CT molecular complexity index is 518. The summed E-state index contributed by atoms with van der Waals surface area (Å²) in [6.45, 7) is 3.87. The highest BCUT2D eigenvalue weighted by Crippen LogP contribution is 2.22. The Hall–Kier alpha value is -1.66. The average Bonchev–Trinajstić information content (AvgIpc) is 2.99. The second-order valence-electron chi connectivity index (χ2n) is 4.95. The van der Waals surface area contributed by atoms with Crippen molar-refractivity contribution in [1.82, 2.24) is 15.0 Å². The first-order valence-electron chi connectivity index (χ1n) is 5.94. The van der Waals surface area contributed by atoms with Crippen molar-refractivity contribution in [3.63, 3.8) is 0 Å². The number of nitrogens with zero attached hydrogens (tertiary/aromatic N) is 3. The van der Waals surface area contributed by atoms with Crippen molar-refractivity contribution in [2.45, 2.75) is 25.5 Å². The molecular weight excluding hydrogens is 234 g/mol. The van der Waals surface area contributed by atoms with E-state index in [0.29, 0.717) is 30.6 Å². The third kappa shape index (κ3) is 2.30. The van der Waals surface area contributed by atoms with Gasteiger partial charge < -0.3 is 14.0 Å². The molecular formula is C12H15N3O3. The van der Waals surface area contributed by atoms with Crippen molar-refractivity contribution in [3.8, 4) is 11.6 Å². The van der Waals surface area contributed by atoms with E-state index in [-0.39, 0.29) is 0 Å². The lowest BCUT2D eigenvalue weighted by atomic mass is 10.1. The normalized spacial score (nSPS) is 24.8. The van der Waals surface area contributed by atoms with Crippen molar-refractivity contribution in [1.29, 1.82) is 0 Å². The maximum atomic E-state index is 9.88. The summed E-state index contributed by atoms with van der Waals surface area (Å²) in [6.07, 6.45) is 2.34. The monoisotopic (exact) mass is 249 g/mol. The summed E-state index contributed by atoms with van der Waals surface area (Å²) in [4.78, 5) is 6.37. The molecule has 0 radical (unpaired) electrons. The lowest BCUT2D eigenvalue weighted by Crippen LogP contribution is -2.29. The fourth-order valence-electron chi connectivity index (χ4n) is 2.19. The molecule has 0 spiro atoms. The molecule has 1 N–H and O–H groups in total. The van der Waals surface area contributed by atoms with Gasteiger partial charge in [0.15, 0.2) is 5.76 Å². The highest BCUT2D eigenvalue weighted by molar-refractivity contribution is 5.44. The number of aromatic nitrogens is 2. The molecule has 18 heavy (non-hydrogen) atoms. The van der Waals surface area contributed by atoms with Crippen molar-refractivity contribution >= 4 is 0 Å². The third-order valence-electron chi connectivity index (χ3n) is 3.10. The highest BCUT2D eigenvalue weighted by atomic mass is 16.5. The zero-order valence-electron chi connectivity index (χ0n) is 10.2. The van der Waals surface area contributed by atoms with Crippen molar-refractivity contribution in [2.75, 3.05) is 13.1 Å². The maximum Gasteiger partial charge on any atom is 0.241 e. The number of hydrogen-bond acceptors (Lipinski definition) is 6. The Morgan fingerprint density at radius 3 is 3.11 bits per heavy atom. The van der Waals surface area contributed by atoms with E-state index in [4.69, 9.17) is 8.94 Å². The molecule has 3 rings (SSSR count). The van der Waals surface area contributed by atoms with E-state index < -0.39 is 5.60 Å². The van der Waals surface area contributed by atoms with Gasteiger partial charge in [-0.3, -0.25) is 4.90 Å². The molecule has 1 unspecified atom stereocenters. The Labute approximate surface area is 104 Å². The summed E-state index contributed by atoms with van der Waals surface area (Å²) in [6, 6.07) is 3.57. The number of aliphatic hydroxyl groups is 1. The topological polar surface area (TPSA) is 75.5 Å². The lowest BCUT2D eigenvalue weighted by molar-refractivity contribution is 0.0665. The Kier molecular flexibility index (Phi) is 2.68. The van der Waals surface area contributed by atoms with Crippen molar-refractivity contribution < 1.29 is 14.0 Å². The van der Waals surface area contributed by atoms with Gasteiger partial charge in [-0.25, -0.2) is 0 Å². The fraction of sp³-hybridized carbons (Fsp3) is 0.500. The molecule has 2 aromatic heterocycles. The molecule has 1 aliphatic rings. The minimum atomic E-state index is -0.607. The van der Waals surface area contributed by atoms with Gasteiger partial charge in [0.2, 0.25) is 11.7 Å². The summed E-state index contributed by atoms with van der Waals surface area (Å²) in [5, 5.41) is 13.7. The molecule has 96 valence electrons. The molecule has 2 aromatic rings. The van der Waals surface area contributed by atoms with Crippen LogP contribution in [0.1, 0.15) is 19.2 Å². The molecule has 1 fully saturated rings. The molecule has 1 aliphatic heterocycles. The number of furan rings is 1. The van der Waals surface area contributed by atoms with Crippen LogP contribution in [0.4, 0.5) is 0 Å². The van der Waals surface area contributed by atoms with Crippen molar-refractivity contribution in [2.24, 2.45) is 0 Å². The van der Waals surface area contributed by atoms with E-state index in [1.54, 1.807) is 18.4 Å². The first-order valence-corrected chi connectivity index (χ1v) is 5.94. The van der Waals surface area contributed by atoms with Gasteiger partial charge in [0.05, 0.1) is 18.4 Å². The average molecular weight is 249 g/mol. The molecule has 0 aliphatic carbocycles. The van der Waals surface area contributed by atoms with Crippen LogP contribution < -0.4 is 0 Å². The number of likely N-dealkylation sites (tertiary alicyclic amines) is 1. The fourth-order valence-corrected chi connectivity index (χ4v) is 2.19. The van der Waals surface area contributed by atoms with Crippen LogP contribution in [-0.2, 0) is 6.54 Å². The number of hydrogen-bond donors (Lipinski definition) is 1. The van der Waals surface area contributed by atoms with Crippen LogP contribution in [0.25, 0.3) is 11.6 Å².